The van der Waals surface area contributed by atoms with E-state index in [1.54, 1.807) is 26.0 Å². The number of methoxy groups -OCH3 is 2. The molecule has 0 bridgehead atoms. The second kappa shape index (κ2) is 13.0. The van der Waals surface area contributed by atoms with E-state index in [4.69, 9.17) is 25.6 Å². The summed E-state index contributed by atoms with van der Waals surface area (Å²) >= 11 is 7.69. The van der Waals surface area contributed by atoms with Crippen LogP contribution in [0.15, 0.2) is 51.9 Å². The molecule has 1 saturated heterocycles. The van der Waals surface area contributed by atoms with Crippen molar-refractivity contribution in [1.29, 1.82) is 0 Å². The van der Waals surface area contributed by atoms with Gasteiger partial charge in [-0.05, 0) is 74.0 Å². The molecule has 1 atom stereocenters. The van der Waals surface area contributed by atoms with Crippen molar-refractivity contribution >= 4 is 29.3 Å². The van der Waals surface area contributed by atoms with E-state index in [9.17, 15) is 4.79 Å². The van der Waals surface area contributed by atoms with Crippen LogP contribution in [0.2, 0.25) is 5.02 Å². The molecule has 0 saturated carbocycles. The molecule has 0 radical (unpaired) electrons. The van der Waals surface area contributed by atoms with Crippen LogP contribution in [0.5, 0.6) is 11.5 Å². The van der Waals surface area contributed by atoms with Crippen LogP contribution in [0.3, 0.4) is 0 Å². The molecule has 3 aromatic rings. The number of ether oxygens (including phenoxy) is 2. The monoisotopic (exact) mass is 530 g/mol. The topological polar surface area (TPSA) is 89.7 Å². The molecule has 1 unspecified atom stereocenters. The quantitative estimate of drug-likeness (QED) is 0.276. The molecule has 0 aliphatic carbocycles. The number of hydrogen-bond donors (Lipinski definition) is 1. The fourth-order valence-corrected chi connectivity index (χ4v) is 5.14. The number of nitrogens with zero attached hydrogens (tertiary/aromatic N) is 3. The number of aromatic nitrogens is 2. The smallest absolute Gasteiger partial charge is 0.241 e. The first-order valence-corrected chi connectivity index (χ1v) is 13.4. The Labute approximate surface area is 220 Å². The van der Waals surface area contributed by atoms with Crippen LogP contribution in [0.1, 0.15) is 25.2 Å². The van der Waals surface area contributed by atoms with Gasteiger partial charge in [-0.15, -0.1) is 11.8 Å². The van der Waals surface area contributed by atoms with E-state index in [1.165, 1.54) is 4.90 Å². The average molecular weight is 531 g/mol. The molecule has 192 valence electrons. The Morgan fingerprint density at radius 2 is 2.00 bits per heavy atom. The first-order valence-electron chi connectivity index (χ1n) is 12.0. The number of halogens is 1. The van der Waals surface area contributed by atoms with Crippen LogP contribution in [0, 0.1) is 5.92 Å². The normalized spacial score (nSPS) is 16.0. The lowest BCUT2D eigenvalue weighted by atomic mass is 9.97. The number of hydrogen-bond acceptors (Lipinski definition) is 8. The number of rotatable bonds is 11. The highest BCUT2D eigenvalue weighted by atomic mass is 35.5. The SMILES string of the molecule is COc1ccc(-c2noc(CN3CCCC(C(=O)NCCCSc4ccc(Cl)cc4)C3)n2)cc1OC. The van der Waals surface area contributed by atoms with E-state index >= 15 is 0 Å². The molecule has 1 amide bonds. The minimum absolute atomic E-state index is 0.0316. The summed E-state index contributed by atoms with van der Waals surface area (Å²) in [6, 6.07) is 13.3. The van der Waals surface area contributed by atoms with E-state index in [-0.39, 0.29) is 11.8 Å². The first kappa shape index (κ1) is 26.3. The molecule has 1 aliphatic rings. The number of piperidine rings is 1. The van der Waals surface area contributed by atoms with Crippen molar-refractivity contribution in [3.63, 3.8) is 0 Å². The van der Waals surface area contributed by atoms with Crippen molar-refractivity contribution in [1.82, 2.24) is 20.4 Å². The third-order valence-corrected chi connectivity index (χ3v) is 7.40. The maximum Gasteiger partial charge on any atom is 0.241 e. The number of benzene rings is 2. The van der Waals surface area contributed by atoms with Gasteiger partial charge in [0, 0.05) is 28.6 Å². The van der Waals surface area contributed by atoms with Gasteiger partial charge in [-0.2, -0.15) is 4.98 Å². The Balaban J connectivity index is 1.22. The number of nitrogens with one attached hydrogen (secondary N) is 1. The van der Waals surface area contributed by atoms with Crippen LogP contribution >= 0.6 is 23.4 Å². The molecular weight excluding hydrogens is 500 g/mol. The molecule has 2 heterocycles. The summed E-state index contributed by atoms with van der Waals surface area (Å²) in [5.74, 6) is 3.30. The summed E-state index contributed by atoms with van der Waals surface area (Å²) in [7, 11) is 3.19. The van der Waals surface area contributed by atoms with Crippen LogP contribution in [-0.4, -0.2) is 60.6 Å². The Morgan fingerprint density at radius 1 is 1.19 bits per heavy atom. The molecule has 0 spiro atoms. The van der Waals surface area contributed by atoms with Gasteiger partial charge in [0.15, 0.2) is 11.5 Å². The molecule has 1 aromatic heterocycles. The lowest BCUT2D eigenvalue weighted by Gasteiger charge is -2.30. The molecule has 1 N–H and O–H groups in total. The summed E-state index contributed by atoms with van der Waals surface area (Å²) < 4.78 is 16.1. The van der Waals surface area contributed by atoms with Crippen molar-refractivity contribution in [2.75, 3.05) is 39.6 Å². The van der Waals surface area contributed by atoms with Gasteiger partial charge >= 0.3 is 0 Å². The Morgan fingerprint density at radius 3 is 2.78 bits per heavy atom. The zero-order valence-electron chi connectivity index (χ0n) is 20.5. The van der Waals surface area contributed by atoms with E-state index in [0.717, 1.165) is 42.1 Å². The van der Waals surface area contributed by atoms with Gasteiger partial charge in [0.25, 0.3) is 0 Å². The zero-order chi connectivity index (χ0) is 25.3. The lowest BCUT2D eigenvalue weighted by molar-refractivity contribution is -0.126. The van der Waals surface area contributed by atoms with Crippen molar-refractivity contribution in [2.24, 2.45) is 5.92 Å². The van der Waals surface area contributed by atoms with Crippen molar-refractivity contribution in [3.05, 3.63) is 53.4 Å². The third kappa shape index (κ3) is 7.15. The first-order chi connectivity index (χ1) is 17.6. The van der Waals surface area contributed by atoms with Gasteiger partial charge in [-0.1, -0.05) is 16.8 Å². The van der Waals surface area contributed by atoms with E-state index < -0.39 is 0 Å². The fraction of sp³-hybridized carbons (Fsp3) is 0.423. The summed E-state index contributed by atoms with van der Waals surface area (Å²) in [6.45, 7) is 2.77. The molecule has 36 heavy (non-hydrogen) atoms. The molecule has 10 heteroatoms. The van der Waals surface area contributed by atoms with Gasteiger partial charge in [0.2, 0.25) is 17.6 Å². The van der Waals surface area contributed by atoms with Gasteiger partial charge in [-0.3, -0.25) is 9.69 Å². The van der Waals surface area contributed by atoms with E-state index in [1.807, 2.05) is 42.5 Å². The van der Waals surface area contributed by atoms with Gasteiger partial charge in [0.1, 0.15) is 0 Å². The molecule has 8 nitrogen and oxygen atoms in total. The number of carbonyl (C=O) groups is 1. The summed E-state index contributed by atoms with van der Waals surface area (Å²) in [4.78, 5) is 20.7. The number of likely N-dealkylation sites (tertiary alicyclic amines) is 1. The average Bonchev–Trinajstić information content (AvgIpc) is 3.37. The molecule has 4 rings (SSSR count). The van der Waals surface area contributed by atoms with Crippen molar-refractivity contribution in [2.45, 2.75) is 30.7 Å². The highest BCUT2D eigenvalue weighted by Crippen LogP contribution is 2.31. The number of carbonyl (C=O) groups excluding carboxylic acids is 1. The molecule has 1 fully saturated rings. The Hall–Kier alpha value is -2.75. The number of amides is 1. The highest BCUT2D eigenvalue weighted by molar-refractivity contribution is 7.99. The van der Waals surface area contributed by atoms with Gasteiger partial charge < -0.3 is 19.3 Å². The minimum Gasteiger partial charge on any atom is -0.493 e. The second-order valence-electron chi connectivity index (χ2n) is 8.60. The fourth-order valence-electron chi connectivity index (χ4n) is 4.17. The van der Waals surface area contributed by atoms with Gasteiger partial charge in [-0.25, -0.2) is 0 Å². The third-order valence-electron chi connectivity index (χ3n) is 6.05. The van der Waals surface area contributed by atoms with Crippen molar-refractivity contribution < 1.29 is 18.8 Å². The van der Waals surface area contributed by atoms with Crippen LogP contribution < -0.4 is 14.8 Å². The van der Waals surface area contributed by atoms with E-state index in [2.05, 4.69) is 20.4 Å². The Kier molecular flexibility index (Phi) is 9.49. The summed E-state index contributed by atoms with van der Waals surface area (Å²) in [5.41, 5.74) is 0.785. The summed E-state index contributed by atoms with van der Waals surface area (Å²) in [6.07, 6.45) is 2.76. The zero-order valence-corrected chi connectivity index (χ0v) is 22.1. The molecule has 2 aromatic carbocycles. The maximum atomic E-state index is 12.7. The second-order valence-corrected chi connectivity index (χ2v) is 10.2. The Bertz CT molecular complexity index is 1140. The minimum atomic E-state index is -0.0316. The van der Waals surface area contributed by atoms with E-state index in [0.29, 0.717) is 42.8 Å². The predicted molar refractivity (Wildman–Crippen MR) is 141 cm³/mol. The van der Waals surface area contributed by atoms with Crippen LogP contribution in [0.4, 0.5) is 0 Å². The van der Waals surface area contributed by atoms with Crippen molar-refractivity contribution in [3.8, 4) is 22.9 Å². The molecular formula is C26H31ClN4O4S. The predicted octanol–water partition coefficient (Wildman–Crippen LogP) is 4.92. The largest absolute Gasteiger partial charge is 0.493 e. The van der Waals surface area contributed by atoms with Gasteiger partial charge in [0.05, 0.1) is 26.7 Å². The molecule has 1 aliphatic heterocycles. The highest BCUT2D eigenvalue weighted by Gasteiger charge is 2.26. The standard InChI is InChI=1S/C26H31ClN4O4S/c1-33-22-11-6-18(15-23(22)34-2)25-29-24(35-30-25)17-31-13-3-5-19(16-31)26(32)28-12-4-14-36-21-9-7-20(27)8-10-21/h6-11,15,19H,3-5,12-14,16-17H2,1-2H3,(H,28,32). The van der Waals surface area contributed by atoms with Crippen LogP contribution in [0.25, 0.3) is 11.4 Å². The van der Waals surface area contributed by atoms with Crippen LogP contribution in [-0.2, 0) is 11.3 Å². The maximum absolute atomic E-state index is 12.7. The summed E-state index contributed by atoms with van der Waals surface area (Å²) in [5, 5.41) is 7.97. The lowest BCUT2D eigenvalue weighted by Crippen LogP contribution is -2.43. The number of thioether (sulfide) groups is 1.